The SMILES string of the molecule is COc1ccc(N(C(C)C(=O)Nc2ccccc2C(=O)N2CCOCC2)S(C)(=O)=O)cc1Cl. The number of nitrogens with zero attached hydrogens (tertiary/aromatic N) is 2. The minimum atomic E-state index is -3.85. The number of rotatable bonds is 7. The summed E-state index contributed by atoms with van der Waals surface area (Å²) in [6.07, 6.45) is 1.00. The zero-order valence-corrected chi connectivity index (χ0v) is 20.1. The monoisotopic (exact) mass is 495 g/mol. The van der Waals surface area contributed by atoms with Gasteiger partial charge in [-0.25, -0.2) is 8.42 Å². The molecule has 0 spiro atoms. The molecule has 33 heavy (non-hydrogen) atoms. The van der Waals surface area contributed by atoms with Gasteiger partial charge in [0.2, 0.25) is 15.9 Å². The van der Waals surface area contributed by atoms with Gasteiger partial charge in [-0.3, -0.25) is 13.9 Å². The summed E-state index contributed by atoms with van der Waals surface area (Å²) in [4.78, 5) is 27.7. The quantitative estimate of drug-likeness (QED) is 0.633. The Kier molecular flexibility index (Phi) is 7.83. The van der Waals surface area contributed by atoms with E-state index in [2.05, 4.69) is 5.32 Å². The highest BCUT2D eigenvalue weighted by Crippen LogP contribution is 2.31. The second kappa shape index (κ2) is 10.4. The summed E-state index contributed by atoms with van der Waals surface area (Å²) in [5.41, 5.74) is 0.828. The fraction of sp³-hybridized carbons (Fsp3) is 0.364. The molecule has 1 fully saturated rings. The smallest absolute Gasteiger partial charge is 0.256 e. The van der Waals surface area contributed by atoms with Crippen molar-refractivity contribution in [2.75, 3.05) is 49.3 Å². The predicted molar refractivity (Wildman–Crippen MR) is 127 cm³/mol. The molecule has 2 aromatic rings. The van der Waals surface area contributed by atoms with Crippen molar-refractivity contribution in [3.05, 3.63) is 53.1 Å². The molecule has 1 atom stereocenters. The van der Waals surface area contributed by atoms with Gasteiger partial charge in [-0.2, -0.15) is 0 Å². The van der Waals surface area contributed by atoms with Crippen LogP contribution >= 0.6 is 11.6 Å². The maximum absolute atomic E-state index is 13.1. The van der Waals surface area contributed by atoms with Crippen LogP contribution in [0.15, 0.2) is 42.5 Å². The lowest BCUT2D eigenvalue weighted by Gasteiger charge is -2.29. The summed E-state index contributed by atoms with van der Waals surface area (Å²) in [6.45, 7) is 3.27. The fourth-order valence-electron chi connectivity index (χ4n) is 3.55. The van der Waals surface area contributed by atoms with Gasteiger partial charge in [0.1, 0.15) is 11.8 Å². The number of amides is 2. The molecule has 0 saturated carbocycles. The number of carbonyl (C=O) groups excluding carboxylic acids is 2. The number of hydrogen-bond acceptors (Lipinski definition) is 6. The molecule has 2 aromatic carbocycles. The second-order valence-corrected chi connectivity index (χ2v) is 9.76. The number of halogens is 1. The molecule has 0 radical (unpaired) electrons. The number of anilines is 2. The number of ether oxygens (including phenoxy) is 2. The van der Waals surface area contributed by atoms with Gasteiger partial charge in [0.05, 0.1) is 48.5 Å². The fourth-order valence-corrected chi connectivity index (χ4v) is 4.97. The van der Waals surface area contributed by atoms with Gasteiger partial charge < -0.3 is 19.7 Å². The van der Waals surface area contributed by atoms with Crippen LogP contribution in [0.2, 0.25) is 5.02 Å². The highest BCUT2D eigenvalue weighted by atomic mass is 35.5. The average Bonchev–Trinajstić information content (AvgIpc) is 2.79. The minimum absolute atomic E-state index is 0.206. The van der Waals surface area contributed by atoms with Gasteiger partial charge >= 0.3 is 0 Å². The normalized spacial score (nSPS) is 15.0. The van der Waals surface area contributed by atoms with E-state index in [-0.39, 0.29) is 16.6 Å². The Morgan fingerprint density at radius 2 is 1.85 bits per heavy atom. The Morgan fingerprint density at radius 3 is 2.45 bits per heavy atom. The maximum Gasteiger partial charge on any atom is 0.256 e. The Hall–Kier alpha value is -2.82. The Bertz CT molecular complexity index is 1130. The van der Waals surface area contributed by atoms with Crippen molar-refractivity contribution in [1.82, 2.24) is 4.90 Å². The van der Waals surface area contributed by atoms with E-state index in [0.717, 1.165) is 10.6 Å². The van der Waals surface area contributed by atoms with Crippen LogP contribution in [-0.4, -0.2) is 70.8 Å². The molecule has 178 valence electrons. The van der Waals surface area contributed by atoms with E-state index in [0.29, 0.717) is 43.3 Å². The molecule has 1 aliphatic rings. The van der Waals surface area contributed by atoms with Crippen molar-refractivity contribution in [3.8, 4) is 5.75 Å². The van der Waals surface area contributed by atoms with Crippen LogP contribution in [0.25, 0.3) is 0 Å². The number of hydrogen-bond donors (Lipinski definition) is 1. The topological polar surface area (TPSA) is 105 Å². The van der Waals surface area contributed by atoms with Crippen LogP contribution in [-0.2, 0) is 19.6 Å². The Balaban J connectivity index is 1.87. The van der Waals surface area contributed by atoms with Gasteiger partial charge in [0.15, 0.2) is 0 Å². The summed E-state index contributed by atoms with van der Waals surface area (Å²) >= 11 is 6.17. The predicted octanol–water partition coefficient (Wildman–Crippen LogP) is 2.61. The molecule has 0 aliphatic carbocycles. The largest absolute Gasteiger partial charge is 0.495 e. The summed E-state index contributed by atoms with van der Waals surface area (Å²) in [5.74, 6) is -0.458. The van der Waals surface area contributed by atoms with Crippen molar-refractivity contribution in [2.45, 2.75) is 13.0 Å². The minimum Gasteiger partial charge on any atom is -0.495 e. The van der Waals surface area contributed by atoms with Crippen molar-refractivity contribution in [1.29, 1.82) is 0 Å². The van der Waals surface area contributed by atoms with E-state index in [4.69, 9.17) is 21.1 Å². The van der Waals surface area contributed by atoms with E-state index >= 15 is 0 Å². The zero-order chi connectivity index (χ0) is 24.2. The van der Waals surface area contributed by atoms with Crippen LogP contribution in [0.4, 0.5) is 11.4 Å². The number of para-hydroxylation sites is 1. The third-order valence-corrected chi connectivity index (χ3v) is 6.73. The van der Waals surface area contributed by atoms with E-state index < -0.39 is 22.0 Å². The average molecular weight is 496 g/mol. The molecular weight excluding hydrogens is 470 g/mol. The molecule has 1 heterocycles. The van der Waals surface area contributed by atoms with Crippen LogP contribution in [0.5, 0.6) is 5.75 Å². The van der Waals surface area contributed by atoms with Gasteiger partial charge in [0.25, 0.3) is 5.91 Å². The summed E-state index contributed by atoms with van der Waals surface area (Å²) in [6, 6.07) is 9.94. The van der Waals surface area contributed by atoms with E-state index in [1.165, 1.54) is 32.2 Å². The molecule has 1 unspecified atom stereocenters. The number of methoxy groups -OCH3 is 1. The standard InChI is InChI=1S/C22H26ClN3O6S/c1-15(26(33(3,29)30)16-8-9-20(31-2)18(23)14-16)21(27)24-19-7-5-4-6-17(19)22(28)25-10-12-32-13-11-25/h4-9,14-15H,10-13H2,1-3H3,(H,24,27). The molecular formula is C22H26ClN3O6S. The highest BCUT2D eigenvalue weighted by molar-refractivity contribution is 7.92. The molecule has 11 heteroatoms. The van der Waals surface area contributed by atoms with E-state index in [9.17, 15) is 18.0 Å². The molecule has 1 aliphatic heterocycles. The number of nitrogens with one attached hydrogen (secondary N) is 1. The van der Waals surface area contributed by atoms with Gasteiger partial charge in [0, 0.05) is 13.1 Å². The molecule has 3 rings (SSSR count). The van der Waals surface area contributed by atoms with Gasteiger partial charge in [-0.15, -0.1) is 0 Å². The van der Waals surface area contributed by atoms with Crippen LogP contribution < -0.4 is 14.4 Å². The highest BCUT2D eigenvalue weighted by Gasteiger charge is 2.31. The van der Waals surface area contributed by atoms with Crippen LogP contribution in [0.3, 0.4) is 0 Å². The Morgan fingerprint density at radius 1 is 1.18 bits per heavy atom. The Labute approximate surface area is 198 Å². The lowest BCUT2D eigenvalue weighted by atomic mass is 10.1. The first-order valence-corrected chi connectivity index (χ1v) is 12.5. The third-order valence-electron chi connectivity index (χ3n) is 5.19. The first-order chi connectivity index (χ1) is 15.6. The lowest BCUT2D eigenvalue weighted by Crippen LogP contribution is -2.45. The summed E-state index contributed by atoms with van der Waals surface area (Å²) < 4.78 is 36.5. The summed E-state index contributed by atoms with van der Waals surface area (Å²) in [7, 11) is -2.41. The van der Waals surface area contributed by atoms with Crippen molar-refractivity contribution in [2.24, 2.45) is 0 Å². The maximum atomic E-state index is 13.1. The van der Waals surface area contributed by atoms with Gasteiger partial charge in [-0.1, -0.05) is 23.7 Å². The van der Waals surface area contributed by atoms with Crippen molar-refractivity contribution < 1.29 is 27.5 Å². The first-order valence-electron chi connectivity index (χ1n) is 10.2. The summed E-state index contributed by atoms with van der Waals surface area (Å²) in [5, 5.41) is 2.91. The number of benzene rings is 2. The van der Waals surface area contributed by atoms with E-state index in [1.807, 2.05) is 0 Å². The van der Waals surface area contributed by atoms with Crippen LogP contribution in [0.1, 0.15) is 17.3 Å². The number of morpholine rings is 1. The third kappa shape index (κ3) is 5.76. The number of sulfonamides is 1. The molecule has 0 bridgehead atoms. The van der Waals surface area contributed by atoms with E-state index in [1.54, 1.807) is 29.2 Å². The molecule has 1 saturated heterocycles. The first kappa shape index (κ1) is 24.8. The van der Waals surface area contributed by atoms with Crippen LogP contribution in [0, 0.1) is 0 Å². The zero-order valence-electron chi connectivity index (χ0n) is 18.6. The molecule has 9 nitrogen and oxygen atoms in total. The van der Waals surface area contributed by atoms with Gasteiger partial charge in [-0.05, 0) is 37.3 Å². The molecule has 0 aromatic heterocycles. The molecule has 2 amide bonds. The van der Waals surface area contributed by atoms with Crippen molar-refractivity contribution >= 4 is 44.8 Å². The second-order valence-electron chi connectivity index (χ2n) is 7.49. The lowest BCUT2D eigenvalue weighted by molar-refractivity contribution is -0.116. The molecule has 1 N–H and O–H groups in total. The number of carbonyl (C=O) groups is 2. The van der Waals surface area contributed by atoms with Crippen molar-refractivity contribution in [3.63, 3.8) is 0 Å².